The van der Waals surface area contributed by atoms with Gasteiger partial charge in [0.1, 0.15) is 0 Å². The molecule has 0 aromatic heterocycles. The molecule has 0 fully saturated rings. The van der Waals surface area contributed by atoms with E-state index in [1.54, 1.807) is 12.1 Å². The van der Waals surface area contributed by atoms with E-state index in [1.165, 1.54) is 37.4 Å². The van der Waals surface area contributed by atoms with Gasteiger partial charge < -0.3 is 10.6 Å². The number of urea groups is 1. The molecule has 0 heterocycles. The summed E-state index contributed by atoms with van der Waals surface area (Å²) >= 11 is 0. The molecule has 3 amide bonds. The van der Waals surface area contributed by atoms with Crippen molar-refractivity contribution in [1.29, 1.82) is 0 Å². The van der Waals surface area contributed by atoms with Crippen molar-refractivity contribution in [1.82, 2.24) is 10.0 Å². The minimum Gasteiger partial charge on any atom is -0.341 e. The number of carbonyl (C=O) groups excluding carboxylic acids is 2. The normalized spacial score (nSPS) is 10.8. The third-order valence-electron chi connectivity index (χ3n) is 3.16. The molecule has 0 aliphatic heterocycles. The van der Waals surface area contributed by atoms with E-state index < -0.39 is 22.0 Å². The molecule has 7 nitrogen and oxygen atoms in total. The van der Waals surface area contributed by atoms with Crippen molar-refractivity contribution < 1.29 is 18.0 Å². The molecular weight excluding hydrogens is 330 g/mol. The van der Waals surface area contributed by atoms with Gasteiger partial charge in [-0.2, -0.15) is 0 Å². The van der Waals surface area contributed by atoms with Crippen LogP contribution in [0.1, 0.15) is 15.9 Å². The minimum absolute atomic E-state index is 0.0778. The van der Waals surface area contributed by atoms with Crippen LogP contribution >= 0.6 is 0 Å². The lowest BCUT2D eigenvalue weighted by atomic mass is 10.1. The minimum atomic E-state index is -4.00. The molecule has 2 aromatic carbocycles. The maximum atomic E-state index is 12.3. The van der Waals surface area contributed by atoms with E-state index >= 15 is 0 Å². The zero-order valence-corrected chi connectivity index (χ0v) is 14.0. The summed E-state index contributed by atoms with van der Waals surface area (Å²) in [4.78, 5) is 23.2. The summed E-state index contributed by atoms with van der Waals surface area (Å²) < 4.78 is 26.5. The van der Waals surface area contributed by atoms with E-state index in [4.69, 9.17) is 0 Å². The third kappa shape index (κ3) is 4.32. The second-order valence-corrected chi connectivity index (χ2v) is 6.72. The quantitative estimate of drug-likeness (QED) is 0.785. The first-order valence-electron chi connectivity index (χ1n) is 7.04. The number of carbonyl (C=O) groups is 2. The van der Waals surface area contributed by atoms with Crippen LogP contribution in [-0.2, 0) is 10.0 Å². The topological polar surface area (TPSA) is 104 Å². The predicted octanol–water partition coefficient (Wildman–Crippen LogP) is 1.87. The van der Waals surface area contributed by atoms with E-state index in [0.717, 1.165) is 5.56 Å². The Kier molecular flexibility index (Phi) is 5.20. The highest BCUT2D eigenvalue weighted by Crippen LogP contribution is 2.14. The number of anilines is 1. The SMILES string of the molecule is CNC(=O)Nc1ccc(S(=O)(=O)NC(=O)c2cccc(C)c2)cc1. The van der Waals surface area contributed by atoms with Gasteiger partial charge in [0.2, 0.25) is 0 Å². The smallest absolute Gasteiger partial charge is 0.318 e. The monoisotopic (exact) mass is 347 g/mol. The zero-order chi connectivity index (χ0) is 17.7. The van der Waals surface area contributed by atoms with Gasteiger partial charge >= 0.3 is 6.03 Å². The highest BCUT2D eigenvalue weighted by atomic mass is 32.2. The Bertz CT molecular complexity index is 861. The summed E-state index contributed by atoms with van der Waals surface area (Å²) in [5.41, 5.74) is 1.54. The molecule has 0 bridgehead atoms. The van der Waals surface area contributed by atoms with Crippen LogP contribution in [0.15, 0.2) is 53.4 Å². The Balaban J connectivity index is 2.15. The molecule has 0 saturated heterocycles. The predicted molar refractivity (Wildman–Crippen MR) is 90.4 cm³/mol. The molecule has 0 unspecified atom stereocenters. The van der Waals surface area contributed by atoms with Gasteiger partial charge in [-0.3, -0.25) is 4.79 Å². The van der Waals surface area contributed by atoms with Gasteiger partial charge in [0.05, 0.1) is 4.90 Å². The van der Waals surface area contributed by atoms with Gasteiger partial charge in [-0.15, -0.1) is 0 Å². The van der Waals surface area contributed by atoms with Crippen molar-refractivity contribution in [3.8, 4) is 0 Å². The van der Waals surface area contributed by atoms with Crippen LogP contribution < -0.4 is 15.4 Å². The first kappa shape index (κ1) is 17.5. The van der Waals surface area contributed by atoms with Crippen molar-refractivity contribution in [3.63, 3.8) is 0 Å². The van der Waals surface area contributed by atoms with Crippen molar-refractivity contribution in [3.05, 3.63) is 59.7 Å². The molecule has 126 valence electrons. The van der Waals surface area contributed by atoms with Crippen LogP contribution in [0.4, 0.5) is 10.5 Å². The number of amides is 3. The molecule has 0 aliphatic carbocycles. The van der Waals surface area contributed by atoms with Crippen LogP contribution in [0.25, 0.3) is 0 Å². The fourth-order valence-corrected chi connectivity index (χ4v) is 2.91. The average molecular weight is 347 g/mol. The van der Waals surface area contributed by atoms with Gasteiger partial charge in [0, 0.05) is 18.3 Å². The summed E-state index contributed by atoms with van der Waals surface area (Å²) in [5.74, 6) is -0.703. The Morgan fingerprint density at radius 1 is 1.00 bits per heavy atom. The van der Waals surface area contributed by atoms with Gasteiger partial charge in [-0.1, -0.05) is 17.7 Å². The van der Waals surface area contributed by atoms with Crippen LogP contribution in [0.3, 0.4) is 0 Å². The molecule has 24 heavy (non-hydrogen) atoms. The number of aryl methyl sites for hydroxylation is 1. The van der Waals surface area contributed by atoms with Gasteiger partial charge in [0.15, 0.2) is 0 Å². The second kappa shape index (κ2) is 7.14. The maximum absolute atomic E-state index is 12.3. The van der Waals surface area contributed by atoms with Crippen molar-refractivity contribution in [2.45, 2.75) is 11.8 Å². The van der Waals surface area contributed by atoms with E-state index in [-0.39, 0.29) is 10.5 Å². The number of hydrogen-bond acceptors (Lipinski definition) is 4. The summed E-state index contributed by atoms with van der Waals surface area (Å²) in [7, 11) is -2.53. The number of rotatable bonds is 4. The van der Waals surface area contributed by atoms with Gasteiger partial charge in [-0.25, -0.2) is 17.9 Å². The van der Waals surface area contributed by atoms with E-state index in [1.807, 2.05) is 17.7 Å². The van der Waals surface area contributed by atoms with Crippen molar-refractivity contribution >= 4 is 27.6 Å². The van der Waals surface area contributed by atoms with E-state index in [2.05, 4.69) is 10.6 Å². The fourth-order valence-electron chi connectivity index (χ4n) is 1.94. The maximum Gasteiger partial charge on any atom is 0.318 e. The molecule has 3 N–H and O–H groups in total. The summed E-state index contributed by atoms with van der Waals surface area (Å²) in [5, 5.41) is 4.89. The molecule has 0 spiro atoms. The van der Waals surface area contributed by atoms with Crippen LogP contribution in [-0.4, -0.2) is 27.4 Å². The van der Waals surface area contributed by atoms with Crippen molar-refractivity contribution in [2.75, 3.05) is 12.4 Å². The van der Waals surface area contributed by atoms with E-state index in [0.29, 0.717) is 5.69 Å². The average Bonchev–Trinajstić information content (AvgIpc) is 2.55. The molecular formula is C16H17N3O4S. The summed E-state index contributed by atoms with van der Waals surface area (Å²) in [6.45, 7) is 1.81. The zero-order valence-electron chi connectivity index (χ0n) is 13.2. The fraction of sp³-hybridized carbons (Fsp3) is 0.125. The molecule has 2 rings (SSSR count). The Morgan fingerprint density at radius 3 is 2.25 bits per heavy atom. The second-order valence-electron chi connectivity index (χ2n) is 5.03. The Morgan fingerprint density at radius 2 is 1.67 bits per heavy atom. The van der Waals surface area contributed by atoms with Crippen LogP contribution in [0, 0.1) is 6.92 Å². The van der Waals surface area contributed by atoms with Crippen molar-refractivity contribution in [2.24, 2.45) is 0 Å². The highest BCUT2D eigenvalue weighted by Gasteiger charge is 2.18. The number of hydrogen-bond donors (Lipinski definition) is 3. The first-order chi connectivity index (χ1) is 11.3. The number of sulfonamides is 1. The standard InChI is InChI=1S/C16H17N3O4S/c1-11-4-3-5-12(10-11)15(20)19-24(22,23)14-8-6-13(7-9-14)18-16(21)17-2/h3-10H,1-2H3,(H,19,20)(H2,17,18,21). The van der Waals surface area contributed by atoms with Crippen LogP contribution in [0.2, 0.25) is 0 Å². The molecule has 8 heteroatoms. The Labute approximate surface area is 140 Å². The summed E-state index contributed by atoms with van der Waals surface area (Å²) in [6.07, 6.45) is 0. The van der Waals surface area contributed by atoms with Gasteiger partial charge in [-0.05, 0) is 43.3 Å². The summed E-state index contributed by atoms with van der Waals surface area (Å²) in [6, 6.07) is 11.7. The molecule has 2 aromatic rings. The molecule has 0 radical (unpaired) electrons. The molecule has 0 saturated carbocycles. The number of nitrogens with one attached hydrogen (secondary N) is 3. The molecule has 0 atom stereocenters. The lowest BCUT2D eigenvalue weighted by Gasteiger charge is -2.09. The van der Waals surface area contributed by atoms with Gasteiger partial charge in [0.25, 0.3) is 15.9 Å². The molecule has 0 aliphatic rings. The first-order valence-corrected chi connectivity index (χ1v) is 8.53. The Hall–Kier alpha value is -2.87. The third-order valence-corrected chi connectivity index (χ3v) is 4.50. The number of benzene rings is 2. The lowest BCUT2D eigenvalue weighted by molar-refractivity contribution is 0.0981. The van der Waals surface area contributed by atoms with E-state index in [9.17, 15) is 18.0 Å². The van der Waals surface area contributed by atoms with Crippen LogP contribution in [0.5, 0.6) is 0 Å². The highest BCUT2D eigenvalue weighted by molar-refractivity contribution is 7.90. The largest absolute Gasteiger partial charge is 0.341 e. The lowest BCUT2D eigenvalue weighted by Crippen LogP contribution is -2.30.